The first-order valence-electron chi connectivity index (χ1n) is 9.34. The molecule has 6 nitrogen and oxygen atoms in total. The molecule has 0 atom stereocenters. The second kappa shape index (κ2) is 10.7. The van der Waals surface area contributed by atoms with E-state index < -0.39 is 0 Å². The number of rotatable bonds is 10. The second-order valence-electron chi connectivity index (χ2n) is 6.46. The highest BCUT2D eigenvalue weighted by Crippen LogP contribution is 2.33. The van der Waals surface area contributed by atoms with Crippen LogP contribution in [0.1, 0.15) is 41.8 Å². The maximum Gasteiger partial charge on any atom is 0.309 e. The highest BCUT2D eigenvalue weighted by Gasteiger charge is 2.16. The van der Waals surface area contributed by atoms with Gasteiger partial charge in [0.25, 0.3) is 0 Å². The monoisotopic (exact) mass is 420 g/mol. The first kappa shape index (κ1) is 22.6. The number of ketones is 1. The molecule has 0 unspecified atom stereocenters. The van der Waals surface area contributed by atoms with E-state index in [-0.39, 0.29) is 42.7 Å². The van der Waals surface area contributed by atoms with Crippen LogP contribution in [0, 0.1) is 0 Å². The van der Waals surface area contributed by atoms with Gasteiger partial charge in [0.2, 0.25) is 0 Å². The van der Waals surface area contributed by atoms with Crippen LogP contribution in [0.15, 0.2) is 30.3 Å². The van der Waals surface area contributed by atoms with E-state index in [0.29, 0.717) is 28.5 Å². The summed E-state index contributed by atoms with van der Waals surface area (Å²) in [5.41, 5.74) is 1.64. The van der Waals surface area contributed by atoms with Crippen LogP contribution in [0.25, 0.3) is 0 Å². The molecule has 7 heteroatoms. The SMILES string of the molecule is CCCc1c(OCCOc2ccc(CC(=O)OC)cc2Cl)ccc(C(C)=O)c1O. The van der Waals surface area contributed by atoms with Crippen molar-refractivity contribution in [3.8, 4) is 17.2 Å². The Balaban J connectivity index is 1.97. The number of phenols is 1. The molecule has 0 aliphatic heterocycles. The molecule has 2 aromatic carbocycles. The molecule has 29 heavy (non-hydrogen) atoms. The Kier molecular flexibility index (Phi) is 8.34. The fraction of sp³-hybridized carbons (Fsp3) is 0.364. The topological polar surface area (TPSA) is 82.1 Å². The number of aromatic hydroxyl groups is 1. The lowest BCUT2D eigenvalue weighted by Gasteiger charge is -2.15. The van der Waals surface area contributed by atoms with Gasteiger partial charge in [0.1, 0.15) is 30.5 Å². The number of halogens is 1. The number of esters is 1. The Bertz CT molecular complexity index is 878. The summed E-state index contributed by atoms with van der Waals surface area (Å²) in [5.74, 6) is 0.442. The van der Waals surface area contributed by atoms with E-state index in [1.807, 2.05) is 6.92 Å². The van der Waals surface area contributed by atoms with Crippen molar-refractivity contribution >= 4 is 23.4 Å². The number of ether oxygens (including phenoxy) is 3. The van der Waals surface area contributed by atoms with Gasteiger partial charge in [-0.2, -0.15) is 0 Å². The molecule has 0 spiro atoms. The fourth-order valence-corrected chi connectivity index (χ4v) is 3.10. The van der Waals surface area contributed by atoms with Gasteiger partial charge in [0, 0.05) is 5.56 Å². The molecule has 156 valence electrons. The van der Waals surface area contributed by atoms with Crippen LogP contribution >= 0.6 is 11.6 Å². The number of phenolic OH excluding ortho intramolecular Hbond substituents is 1. The molecule has 0 aliphatic carbocycles. The minimum Gasteiger partial charge on any atom is -0.507 e. The van der Waals surface area contributed by atoms with Crippen molar-refractivity contribution in [3.63, 3.8) is 0 Å². The van der Waals surface area contributed by atoms with Crippen molar-refractivity contribution in [1.82, 2.24) is 0 Å². The van der Waals surface area contributed by atoms with Gasteiger partial charge in [-0.25, -0.2) is 0 Å². The molecule has 0 saturated heterocycles. The lowest BCUT2D eigenvalue weighted by molar-refractivity contribution is -0.139. The minimum absolute atomic E-state index is 0.0259. The molecule has 0 radical (unpaired) electrons. The molecule has 0 saturated carbocycles. The zero-order valence-electron chi connectivity index (χ0n) is 16.8. The average Bonchev–Trinajstić information content (AvgIpc) is 2.68. The number of carbonyl (C=O) groups excluding carboxylic acids is 2. The zero-order chi connectivity index (χ0) is 21.4. The number of hydrogen-bond acceptors (Lipinski definition) is 6. The highest BCUT2D eigenvalue weighted by atomic mass is 35.5. The van der Waals surface area contributed by atoms with E-state index >= 15 is 0 Å². The van der Waals surface area contributed by atoms with Gasteiger partial charge >= 0.3 is 5.97 Å². The standard InChI is InChI=1S/C22H25ClO6/c1-4-5-17-19(9-7-16(14(2)24)22(17)26)28-10-11-29-20-8-6-15(12-18(20)23)13-21(25)27-3/h6-9,12,26H,4-5,10-11,13H2,1-3H3. The summed E-state index contributed by atoms with van der Waals surface area (Å²) in [5, 5.41) is 10.8. The van der Waals surface area contributed by atoms with Crippen LogP contribution in [-0.2, 0) is 22.4 Å². The molecule has 0 aliphatic rings. The third kappa shape index (κ3) is 6.12. The van der Waals surface area contributed by atoms with Gasteiger partial charge in [-0.1, -0.05) is 31.0 Å². The first-order valence-corrected chi connectivity index (χ1v) is 9.71. The predicted molar refractivity (Wildman–Crippen MR) is 110 cm³/mol. The van der Waals surface area contributed by atoms with Gasteiger partial charge in [0.15, 0.2) is 5.78 Å². The predicted octanol–water partition coefficient (Wildman–Crippen LogP) is 4.37. The van der Waals surface area contributed by atoms with Crippen molar-refractivity contribution in [2.75, 3.05) is 20.3 Å². The maximum atomic E-state index is 11.6. The Morgan fingerprint density at radius 1 is 1.07 bits per heavy atom. The molecule has 0 aromatic heterocycles. The molecular weight excluding hydrogens is 396 g/mol. The summed E-state index contributed by atoms with van der Waals surface area (Å²) in [7, 11) is 1.33. The zero-order valence-corrected chi connectivity index (χ0v) is 17.5. The summed E-state index contributed by atoms with van der Waals surface area (Å²) in [4.78, 5) is 23.0. The molecule has 1 N–H and O–H groups in total. The molecule has 0 fully saturated rings. The van der Waals surface area contributed by atoms with Gasteiger partial charge in [-0.05, 0) is 43.2 Å². The Morgan fingerprint density at radius 2 is 1.72 bits per heavy atom. The third-order valence-corrected chi connectivity index (χ3v) is 4.59. The van der Waals surface area contributed by atoms with E-state index in [4.69, 9.17) is 21.1 Å². The van der Waals surface area contributed by atoms with Gasteiger partial charge in [0.05, 0.1) is 24.1 Å². The summed E-state index contributed by atoms with van der Waals surface area (Å²) in [6, 6.07) is 8.35. The molecular formula is C22H25ClO6. The number of carbonyl (C=O) groups is 2. The molecule has 0 bridgehead atoms. The molecule has 2 aromatic rings. The Hall–Kier alpha value is -2.73. The van der Waals surface area contributed by atoms with Crippen LogP contribution in [0.5, 0.6) is 17.2 Å². The lowest BCUT2D eigenvalue weighted by atomic mass is 10.0. The van der Waals surface area contributed by atoms with Crippen molar-refractivity contribution < 1.29 is 28.9 Å². The van der Waals surface area contributed by atoms with Crippen LogP contribution in [0.2, 0.25) is 5.02 Å². The van der Waals surface area contributed by atoms with Gasteiger partial charge in [-0.3, -0.25) is 9.59 Å². The third-order valence-electron chi connectivity index (χ3n) is 4.29. The van der Waals surface area contributed by atoms with E-state index in [9.17, 15) is 14.7 Å². The van der Waals surface area contributed by atoms with E-state index in [2.05, 4.69) is 4.74 Å². The van der Waals surface area contributed by atoms with Crippen LogP contribution < -0.4 is 9.47 Å². The lowest BCUT2D eigenvalue weighted by Crippen LogP contribution is -2.11. The molecule has 0 amide bonds. The van der Waals surface area contributed by atoms with Crippen molar-refractivity contribution in [3.05, 3.63) is 52.0 Å². The van der Waals surface area contributed by atoms with Crippen molar-refractivity contribution in [2.24, 2.45) is 0 Å². The summed E-state index contributed by atoms with van der Waals surface area (Å²) in [6.07, 6.45) is 1.53. The number of benzene rings is 2. The van der Waals surface area contributed by atoms with Crippen LogP contribution in [0.4, 0.5) is 0 Å². The van der Waals surface area contributed by atoms with Gasteiger partial charge in [-0.15, -0.1) is 0 Å². The van der Waals surface area contributed by atoms with Crippen molar-refractivity contribution in [2.45, 2.75) is 33.1 Å². The van der Waals surface area contributed by atoms with Crippen LogP contribution in [0.3, 0.4) is 0 Å². The molecule has 0 heterocycles. The summed E-state index contributed by atoms with van der Waals surface area (Å²) >= 11 is 6.20. The highest BCUT2D eigenvalue weighted by molar-refractivity contribution is 6.32. The number of Topliss-reactive ketones (excluding diaryl/α,β-unsaturated/α-hetero) is 1. The summed E-state index contributed by atoms with van der Waals surface area (Å²) < 4.78 is 16.0. The Labute approximate surface area is 175 Å². The van der Waals surface area contributed by atoms with Crippen LogP contribution in [-0.4, -0.2) is 37.2 Å². The van der Waals surface area contributed by atoms with E-state index in [1.165, 1.54) is 14.0 Å². The number of hydrogen-bond donors (Lipinski definition) is 1. The fourth-order valence-electron chi connectivity index (χ4n) is 2.84. The minimum atomic E-state index is -0.343. The van der Waals surface area contributed by atoms with E-state index in [1.54, 1.807) is 30.3 Å². The van der Waals surface area contributed by atoms with Crippen molar-refractivity contribution in [1.29, 1.82) is 0 Å². The largest absolute Gasteiger partial charge is 0.507 e. The van der Waals surface area contributed by atoms with E-state index in [0.717, 1.165) is 12.0 Å². The normalized spacial score (nSPS) is 10.5. The van der Waals surface area contributed by atoms with Gasteiger partial charge < -0.3 is 19.3 Å². The second-order valence-corrected chi connectivity index (χ2v) is 6.87. The Morgan fingerprint density at radius 3 is 2.31 bits per heavy atom. The maximum absolute atomic E-state index is 11.6. The number of methoxy groups -OCH3 is 1. The molecule has 2 rings (SSSR count). The quantitative estimate of drug-likeness (QED) is 0.349. The average molecular weight is 421 g/mol. The first-order chi connectivity index (χ1) is 13.9. The smallest absolute Gasteiger partial charge is 0.309 e. The summed E-state index contributed by atoms with van der Waals surface area (Å²) in [6.45, 7) is 3.87.